The van der Waals surface area contributed by atoms with E-state index in [1.807, 2.05) is 47.3 Å². The number of hydrogen-bond acceptors (Lipinski definition) is 1. The van der Waals surface area contributed by atoms with Crippen molar-refractivity contribution >= 4 is 16.7 Å². The summed E-state index contributed by atoms with van der Waals surface area (Å²) in [6.45, 7) is 5.47. The molecular weight excluding hydrogens is 356 g/mol. The van der Waals surface area contributed by atoms with Gasteiger partial charge in [-0.05, 0) is 30.5 Å². The van der Waals surface area contributed by atoms with Crippen LogP contribution in [-0.2, 0) is 19.5 Å². The number of aromatic nitrogens is 2. The standard InChI is InChI=1S/C26H27N2O/c1-3-10-20-15-17-27(18-16-20)19-24(29)25-22-13-8-9-14-23(22)28(4-2)26(25)21-11-6-5-7-12-21/h5-9,11-18H,3-4,10,19H2,1-2H3/q+1. The molecule has 3 nitrogen and oxygen atoms in total. The second kappa shape index (κ2) is 8.44. The van der Waals surface area contributed by atoms with Crippen LogP contribution in [0.15, 0.2) is 79.1 Å². The van der Waals surface area contributed by atoms with Crippen LogP contribution in [0.25, 0.3) is 22.2 Å². The monoisotopic (exact) mass is 383 g/mol. The Morgan fingerprint density at radius 1 is 0.897 bits per heavy atom. The normalized spacial score (nSPS) is 11.1. The van der Waals surface area contributed by atoms with Crippen molar-refractivity contribution in [3.8, 4) is 11.3 Å². The molecule has 29 heavy (non-hydrogen) atoms. The molecule has 2 aromatic heterocycles. The van der Waals surface area contributed by atoms with Crippen LogP contribution < -0.4 is 4.57 Å². The molecular formula is C26H27N2O+. The predicted octanol–water partition coefficient (Wildman–Crippen LogP) is 5.45. The fraction of sp³-hybridized carbons (Fsp3) is 0.231. The van der Waals surface area contributed by atoms with Gasteiger partial charge in [0.2, 0.25) is 12.3 Å². The number of benzene rings is 2. The highest BCUT2D eigenvalue weighted by molar-refractivity contribution is 6.13. The first kappa shape index (κ1) is 19.1. The van der Waals surface area contributed by atoms with Gasteiger partial charge in [0.1, 0.15) is 0 Å². The summed E-state index contributed by atoms with van der Waals surface area (Å²) in [6.07, 6.45) is 6.23. The fourth-order valence-corrected chi connectivity index (χ4v) is 4.10. The number of carbonyl (C=O) groups excluding carboxylic acids is 1. The van der Waals surface area contributed by atoms with Gasteiger partial charge in [-0.3, -0.25) is 4.79 Å². The zero-order chi connectivity index (χ0) is 20.2. The van der Waals surface area contributed by atoms with Gasteiger partial charge in [-0.15, -0.1) is 0 Å². The van der Waals surface area contributed by atoms with Crippen LogP contribution in [0.5, 0.6) is 0 Å². The van der Waals surface area contributed by atoms with Gasteiger partial charge in [-0.2, -0.15) is 4.57 Å². The van der Waals surface area contributed by atoms with E-state index < -0.39 is 0 Å². The zero-order valence-electron chi connectivity index (χ0n) is 17.1. The molecule has 0 aliphatic carbocycles. The van der Waals surface area contributed by atoms with Gasteiger partial charge in [-0.1, -0.05) is 61.9 Å². The molecule has 146 valence electrons. The van der Waals surface area contributed by atoms with E-state index in [2.05, 4.69) is 54.8 Å². The lowest BCUT2D eigenvalue weighted by molar-refractivity contribution is -0.683. The van der Waals surface area contributed by atoms with Gasteiger partial charge in [-0.25, -0.2) is 0 Å². The number of carbonyl (C=O) groups is 1. The Balaban J connectivity index is 1.80. The van der Waals surface area contributed by atoms with Crippen LogP contribution in [0.2, 0.25) is 0 Å². The quantitative estimate of drug-likeness (QED) is 0.308. The lowest BCUT2D eigenvalue weighted by atomic mass is 10.0. The van der Waals surface area contributed by atoms with Crippen LogP contribution in [-0.4, -0.2) is 10.4 Å². The number of hydrogen-bond donors (Lipinski definition) is 0. The van der Waals surface area contributed by atoms with E-state index in [-0.39, 0.29) is 5.78 Å². The highest BCUT2D eigenvalue weighted by Crippen LogP contribution is 2.34. The minimum Gasteiger partial charge on any atom is -0.340 e. The maximum absolute atomic E-state index is 13.5. The summed E-state index contributed by atoms with van der Waals surface area (Å²) in [5.74, 6) is 0.139. The molecule has 4 aromatic rings. The molecule has 0 aliphatic rings. The maximum atomic E-state index is 13.5. The summed E-state index contributed by atoms with van der Waals surface area (Å²) in [4.78, 5) is 13.5. The topological polar surface area (TPSA) is 25.9 Å². The maximum Gasteiger partial charge on any atom is 0.230 e. The van der Waals surface area contributed by atoms with E-state index in [0.29, 0.717) is 6.54 Å². The molecule has 0 atom stereocenters. The molecule has 2 heterocycles. The summed E-state index contributed by atoms with van der Waals surface area (Å²) in [5.41, 5.74) is 5.34. The Kier molecular flexibility index (Phi) is 5.57. The molecule has 0 saturated carbocycles. The number of fused-ring (bicyclic) bond motifs is 1. The molecule has 0 spiro atoms. The van der Waals surface area contributed by atoms with E-state index in [9.17, 15) is 4.79 Å². The second-order valence-electron chi connectivity index (χ2n) is 7.40. The van der Waals surface area contributed by atoms with Crippen LogP contribution in [0, 0.1) is 0 Å². The van der Waals surface area contributed by atoms with E-state index >= 15 is 0 Å². The van der Waals surface area contributed by atoms with Crippen molar-refractivity contribution in [2.45, 2.75) is 39.8 Å². The van der Waals surface area contributed by atoms with Crippen molar-refractivity contribution in [3.05, 3.63) is 90.3 Å². The summed E-state index contributed by atoms with van der Waals surface area (Å²) >= 11 is 0. The zero-order valence-corrected chi connectivity index (χ0v) is 17.1. The summed E-state index contributed by atoms with van der Waals surface area (Å²) in [5, 5.41) is 1.03. The average Bonchev–Trinajstić information content (AvgIpc) is 3.10. The number of ketones is 1. The molecule has 3 heteroatoms. The number of Topliss-reactive ketones (excluding diaryl/α,β-unsaturated/α-hetero) is 1. The van der Waals surface area contributed by atoms with Crippen molar-refractivity contribution in [1.29, 1.82) is 0 Å². The largest absolute Gasteiger partial charge is 0.340 e. The first-order chi connectivity index (χ1) is 14.2. The molecule has 2 aromatic carbocycles. The number of aryl methyl sites for hydroxylation is 2. The summed E-state index contributed by atoms with van der Waals surface area (Å²) in [6, 6.07) is 22.7. The number of nitrogens with zero attached hydrogens (tertiary/aromatic N) is 2. The van der Waals surface area contributed by atoms with Crippen LogP contribution in [0.4, 0.5) is 0 Å². The Labute approximate surface area is 172 Å². The smallest absolute Gasteiger partial charge is 0.230 e. The minimum absolute atomic E-state index is 0.139. The van der Waals surface area contributed by atoms with Crippen molar-refractivity contribution < 1.29 is 9.36 Å². The molecule has 0 bridgehead atoms. The number of rotatable bonds is 7. The average molecular weight is 384 g/mol. The Morgan fingerprint density at radius 3 is 2.28 bits per heavy atom. The molecule has 0 fully saturated rings. The van der Waals surface area contributed by atoms with E-state index in [1.54, 1.807) is 0 Å². The highest BCUT2D eigenvalue weighted by Gasteiger charge is 2.25. The Bertz CT molecular complexity index is 1120. The van der Waals surface area contributed by atoms with Gasteiger partial charge >= 0.3 is 0 Å². The van der Waals surface area contributed by atoms with Crippen molar-refractivity contribution in [2.24, 2.45) is 0 Å². The van der Waals surface area contributed by atoms with E-state index in [1.165, 1.54) is 5.56 Å². The molecule has 4 rings (SSSR count). The summed E-state index contributed by atoms with van der Waals surface area (Å²) in [7, 11) is 0. The second-order valence-corrected chi connectivity index (χ2v) is 7.40. The minimum atomic E-state index is 0.139. The lowest BCUT2D eigenvalue weighted by Gasteiger charge is -2.10. The third-order valence-corrected chi connectivity index (χ3v) is 5.44. The summed E-state index contributed by atoms with van der Waals surface area (Å²) < 4.78 is 4.24. The Hall–Kier alpha value is -3.20. The van der Waals surface area contributed by atoms with Crippen LogP contribution in [0.1, 0.15) is 36.2 Å². The molecule has 0 saturated heterocycles. The first-order valence-corrected chi connectivity index (χ1v) is 10.4. The van der Waals surface area contributed by atoms with E-state index in [0.717, 1.165) is 47.1 Å². The lowest BCUT2D eigenvalue weighted by Crippen LogP contribution is -2.37. The van der Waals surface area contributed by atoms with Gasteiger partial charge in [0.05, 0.1) is 11.3 Å². The molecule has 0 N–H and O–H groups in total. The third kappa shape index (κ3) is 3.73. The predicted molar refractivity (Wildman–Crippen MR) is 118 cm³/mol. The number of pyridine rings is 1. The van der Waals surface area contributed by atoms with Gasteiger partial charge in [0.25, 0.3) is 0 Å². The van der Waals surface area contributed by atoms with Crippen LogP contribution in [0.3, 0.4) is 0 Å². The van der Waals surface area contributed by atoms with Crippen molar-refractivity contribution in [3.63, 3.8) is 0 Å². The molecule has 0 radical (unpaired) electrons. The van der Waals surface area contributed by atoms with Gasteiger partial charge < -0.3 is 4.57 Å². The highest BCUT2D eigenvalue weighted by atomic mass is 16.1. The van der Waals surface area contributed by atoms with Crippen molar-refractivity contribution in [2.75, 3.05) is 0 Å². The first-order valence-electron chi connectivity index (χ1n) is 10.4. The fourth-order valence-electron chi connectivity index (χ4n) is 4.10. The number of para-hydroxylation sites is 1. The van der Waals surface area contributed by atoms with Gasteiger partial charge in [0.15, 0.2) is 12.4 Å². The van der Waals surface area contributed by atoms with E-state index in [4.69, 9.17) is 0 Å². The molecule has 0 amide bonds. The molecule has 0 unspecified atom stereocenters. The third-order valence-electron chi connectivity index (χ3n) is 5.44. The Morgan fingerprint density at radius 2 is 1.59 bits per heavy atom. The molecule has 0 aliphatic heterocycles. The van der Waals surface area contributed by atoms with Crippen LogP contribution >= 0.6 is 0 Å². The SMILES string of the molecule is CCCc1cc[n+](CC(=O)c2c(-c3ccccc3)n(CC)c3ccccc23)cc1. The van der Waals surface area contributed by atoms with Gasteiger partial charge in [0, 0.05) is 29.6 Å². The van der Waals surface area contributed by atoms with Crippen molar-refractivity contribution in [1.82, 2.24) is 4.57 Å².